The van der Waals surface area contributed by atoms with E-state index in [0.29, 0.717) is 0 Å². The predicted molar refractivity (Wildman–Crippen MR) is 73.8 cm³/mol. The molecule has 0 radical (unpaired) electrons. The van der Waals surface area contributed by atoms with E-state index >= 15 is 0 Å². The highest BCUT2D eigenvalue weighted by atomic mass is 16.6. The van der Waals surface area contributed by atoms with Crippen molar-refractivity contribution in [2.24, 2.45) is 5.92 Å². The van der Waals surface area contributed by atoms with E-state index in [2.05, 4.69) is 0 Å². The van der Waals surface area contributed by atoms with E-state index in [4.69, 9.17) is 14.6 Å². The Labute approximate surface area is 124 Å². The Morgan fingerprint density at radius 2 is 1.33 bits per heavy atom. The predicted octanol–water partition coefficient (Wildman–Crippen LogP) is 2.63. The number of aliphatic carboxylic acids is 1. The Bertz CT molecular complexity index is 417. The quantitative estimate of drug-likeness (QED) is 0.842. The van der Waals surface area contributed by atoms with Gasteiger partial charge in [0.2, 0.25) is 0 Å². The van der Waals surface area contributed by atoms with Crippen molar-refractivity contribution in [1.29, 1.82) is 0 Å². The molecule has 0 unspecified atom stereocenters. The molecule has 1 aliphatic rings. The van der Waals surface area contributed by atoms with Gasteiger partial charge in [0.25, 0.3) is 0 Å². The van der Waals surface area contributed by atoms with Crippen LogP contribution in [0.1, 0.15) is 48.0 Å². The van der Waals surface area contributed by atoms with Gasteiger partial charge in [0.05, 0.1) is 12.0 Å². The lowest BCUT2D eigenvalue weighted by atomic mass is 10.2. The highest BCUT2D eigenvalue weighted by molar-refractivity contribution is 5.90. The fourth-order valence-corrected chi connectivity index (χ4v) is 1.70. The number of rotatable bonds is 2. The maximum atomic E-state index is 12.1. The summed E-state index contributed by atoms with van der Waals surface area (Å²) in [5, 5.41) is 8.97. The second kappa shape index (κ2) is 5.54. The van der Waals surface area contributed by atoms with Crippen molar-refractivity contribution in [2.45, 2.75) is 65.2 Å². The molecule has 120 valence electrons. The molecule has 0 aliphatic heterocycles. The molecule has 1 N–H and O–H groups in total. The van der Waals surface area contributed by atoms with Gasteiger partial charge in [-0.2, -0.15) is 0 Å². The molecule has 0 bridgehead atoms. The van der Waals surface area contributed by atoms with E-state index in [1.807, 2.05) is 0 Å². The van der Waals surface area contributed by atoms with Crippen molar-refractivity contribution >= 4 is 18.2 Å². The van der Waals surface area contributed by atoms with E-state index in [1.165, 1.54) is 0 Å². The molecule has 1 saturated carbocycles. The van der Waals surface area contributed by atoms with Gasteiger partial charge < -0.3 is 14.6 Å². The van der Waals surface area contributed by atoms with E-state index in [0.717, 1.165) is 4.90 Å². The van der Waals surface area contributed by atoms with E-state index < -0.39 is 41.3 Å². The Morgan fingerprint density at radius 1 is 0.952 bits per heavy atom. The fourth-order valence-electron chi connectivity index (χ4n) is 1.70. The van der Waals surface area contributed by atoms with Crippen LogP contribution in [0.3, 0.4) is 0 Å². The van der Waals surface area contributed by atoms with Crippen molar-refractivity contribution in [3.05, 3.63) is 0 Å². The van der Waals surface area contributed by atoms with Gasteiger partial charge >= 0.3 is 18.2 Å². The zero-order chi connectivity index (χ0) is 16.6. The zero-order valence-corrected chi connectivity index (χ0v) is 13.3. The topological polar surface area (TPSA) is 93.1 Å². The first-order valence-corrected chi connectivity index (χ1v) is 6.80. The molecule has 0 aromatic carbocycles. The van der Waals surface area contributed by atoms with Gasteiger partial charge in [-0.05, 0) is 48.0 Å². The van der Waals surface area contributed by atoms with Crippen molar-refractivity contribution in [3.63, 3.8) is 0 Å². The molecule has 7 nitrogen and oxygen atoms in total. The second-order valence-corrected chi connectivity index (χ2v) is 7.08. The third kappa shape index (κ3) is 5.24. The maximum absolute atomic E-state index is 12.1. The van der Waals surface area contributed by atoms with Crippen molar-refractivity contribution in [2.75, 3.05) is 0 Å². The van der Waals surface area contributed by atoms with Crippen molar-refractivity contribution in [3.8, 4) is 0 Å². The number of carboxylic acids is 1. The molecule has 0 aromatic rings. The molecule has 0 spiro atoms. The lowest BCUT2D eigenvalue weighted by Crippen LogP contribution is -2.45. The summed E-state index contributed by atoms with van der Waals surface area (Å²) in [4.78, 5) is 36.0. The molecule has 7 heteroatoms. The summed E-state index contributed by atoms with van der Waals surface area (Å²) in [7, 11) is 0. The van der Waals surface area contributed by atoms with Crippen LogP contribution in [0.5, 0.6) is 0 Å². The average Bonchev–Trinajstić information content (AvgIpc) is 2.91. The lowest BCUT2D eigenvalue weighted by molar-refractivity contribution is -0.138. The number of carboxylic acid groups (broad SMARTS) is 1. The van der Waals surface area contributed by atoms with Gasteiger partial charge in [0.15, 0.2) is 0 Å². The number of nitrogens with zero attached hydrogens (tertiary/aromatic N) is 1. The number of amides is 2. The van der Waals surface area contributed by atoms with Gasteiger partial charge in [0.1, 0.15) is 11.2 Å². The molecule has 2 amide bonds. The summed E-state index contributed by atoms with van der Waals surface area (Å²) in [6, 6.07) is -0.716. The first-order valence-electron chi connectivity index (χ1n) is 6.80. The highest BCUT2D eigenvalue weighted by Gasteiger charge is 2.53. The molecule has 1 aliphatic carbocycles. The molecule has 0 heterocycles. The summed E-state index contributed by atoms with van der Waals surface area (Å²) in [6.45, 7) is 10.00. The summed E-state index contributed by atoms with van der Waals surface area (Å²) in [6.07, 6.45) is -1.55. The van der Waals surface area contributed by atoms with Crippen LogP contribution < -0.4 is 0 Å². The second-order valence-electron chi connectivity index (χ2n) is 7.08. The van der Waals surface area contributed by atoms with Gasteiger partial charge in [-0.1, -0.05) is 0 Å². The number of carbonyl (C=O) groups is 3. The Kier molecular flexibility index (Phi) is 4.55. The molecule has 0 aromatic heterocycles. The smallest absolute Gasteiger partial charge is 0.420 e. The summed E-state index contributed by atoms with van der Waals surface area (Å²) in [5.41, 5.74) is -1.57. The average molecular weight is 301 g/mol. The number of hydrogen-bond donors (Lipinski definition) is 1. The highest BCUT2D eigenvalue weighted by Crippen LogP contribution is 2.37. The first-order chi connectivity index (χ1) is 9.32. The van der Waals surface area contributed by atoms with Gasteiger partial charge in [0, 0.05) is 0 Å². The molecule has 0 saturated heterocycles. The van der Waals surface area contributed by atoms with Crippen LogP contribution in [0.15, 0.2) is 0 Å². The molecule has 21 heavy (non-hydrogen) atoms. The maximum Gasteiger partial charge on any atom is 0.420 e. The largest absolute Gasteiger partial charge is 0.481 e. The summed E-state index contributed by atoms with van der Waals surface area (Å²) < 4.78 is 10.3. The molecule has 1 rings (SSSR count). The van der Waals surface area contributed by atoms with Crippen LogP contribution in [0.2, 0.25) is 0 Å². The molecular weight excluding hydrogens is 278 g/mol. The van der Waals surface area contributed by atoms with Gasteiger partial charge in [-0.25, -0.2) is 14.5 Å². The van der Waals surface area contributed by atoms with Crippen molar-refractivity contribution < 1.29 is 29.0 Å². The Morgan fingerprint density at radius 3 is 1.57 bits per heavy atom. The minimum absolute atomic E-state index is 0.216. The molecule has 1 fully saturated rings. The van der Waals surface area contributed by atoms with Crippen LogP contribution in [-0.4, -0.2) is 45.4 Å². The van der Waals surface area contributed by atoms with Crippen LogP contribution in [-0.2, 0) is 14.3 Å². The van der Waals surface area contributed by atoms with Crippen LogP contribution in [0.25, 0.3) is 0 Å². The zero-order valence-electron chi connectivity index (χ0n) is 13.3. The van der Waals surface area contributed by atoms with E-state index in [9.17, 15) is 14.4 Å². The minimum atomic E-state index is -1.04. The number of hydrogen-bond acceptors (Lipinski definition) is 5. The first kappa shape index (κ1) is 17.3. The van der Waals surface area contributed by atoms with Crippen LogP contribution in [0.4, 0.5) is 9.59 Å². The van der Waals surface area contributed by atoms with E-state index in [-0.39, 0.29) is 6.42 Å². The fraction of sp³-hybridized carbons (Fsp3) is 0.786. The number of ether oxygens (including phenoxy) is 2. The van der Waals surface area contributed by atoms with Crippen LogP contribution >= 0.6 is 0 Å². The molecular formula is C14H23NO6. The monoisotopic (exact) mass is 301 g/mol. The van der Waals surface area contributed by atoms with Crippen molar-refractivity contribution in [1.82, 2.24) is 4.90 Å². The van der Waals surface area contributed by atoms with E-state index in [1.54, 1.807) is 41.5 Å². The third-order valence-electron chi connectivity index (χ3n) is 2.59. The summed E-state index contributed by atoms with van der Waals surface area (Å²) in [5.74, 6) is -1.80. The lowest BCUT2D eigenvalue weighted by Gasteiger charge is -2.28. The van der Waals surface area contributed by atoms with Gasteiger partial charge in [-0.15, -0.1) is 0 Å². The Hall–Kier alpha value is -1.79. The number of imide groups is 1. The Balaban J connectivity index is 2.89. The molecule has 2 atom stereocenters. The third-order valence-corrected chi connectivity index (χ3v) is 2.59. The van der Waals surface area contributed by atoms with Crippen LogP contribution in [0, 0.1) is 5.92 Å². The standard InChI is InChI=1S/C14H23NO6/c1-13(2,3)20-11(18)15(9-7-8(9)10(16)17)12(19)21-14(4,5)6/h8-9H,7H2,1-6H3,(H,16,17)/t8-,9-/m0/s1. The minimum Gasteiger partial charge on any atom is -0.481 e. The normalized spacial score (nSPS) is 21.4. The van der Waals surface area contributed by atoms with Gasteiger partial charge in [-0.3, -0.25) is 4.79 Å². The summed E-state index contributed by atoms with van der Waals surface area (Å²) >= 11 is 0. The number of carbonyl (C=O) groups excluding carboxylic acids is 2. The SMILES string of the molecule is CC(C)(C)OC(=O)N(C(=O)OC(C)(C)C)[C@H]1C[C@@H]1C(=O)O.